The number of benzene rings is 1. The third-order valence-corrected chi connectivity index (χ3v) is 4.69. The average molecular weight is 284 g/mol. The van der Waals surface area contributed by atoms with Crippen molar-refractivity contribution in [3.8, 4) is 0 Å². The molecular formula is C12H16N2O4S. The molecule has 2 N–H and O–H groups in total. The number of nitrogens with two attached hydrogens (primary N) is 1. The number of fused-ring (bicyclic) bond motifs is 1. The van der Waals surface area contributed by atoms with Crippen molar-refractivity contribution in [2.75, 3.05) is 29.4 Å². The average Bonchev–Trinajstić information content (AvgIpc) is 2.37. The Hall–Kier alpha value is -1.76. The normalized spacial score (nSPS) is 14.9. The Kier molecular flexibility index (Phi) is 3.66. The molecule has 0 spiro atoms. The van der Waals surface area contributed by atoms with Gasteiger partial charge in [-0.15, -0.1) is 0 Å². The van der Waals surface area contributed by atoms with E-state index in [1.807, 2.05) is 0 Å². The zero-order chi connectivity index (χ0) is 14.0. The summed E-state index contributed by atoms with van der Waals surface area (Å²) in [4.78, 5) is 11.2. The molecule has 1 aliphatic rings. The molecule has 0 bridgehead atoms. The van der Waals surface area contributed by atoms with Crippen LogP contribution in [0.3, 0.4) is 0 Å². The first kappa shape index (κ1) is 13.7. The van der Waals surface area contributed by atoms with Crippen LogP contribution in [0.4, 0.5) is 11.4 Å². The molecule has 1 heterocycles. The number of hydrogen-bond donors (Lipinski definition) is 1. The highest BCUT2D eigenvalue weighted by molar-refractivity contribution is 7.93. The van der Waals surface area contributed by atoms with Crippen LogP contribution in [0.5, 0.6) is 0 Å². The van der Waals surface area contributed by atoms with Crippen LogP contribution in [0, 0.1) is 0 Å². The van der Waals surface area contributed by atoms with Gasteiger partial charge in [-0.3, -0.25) is 9.10 Å². The molecule has 6 nitrogen and oxygen atoms in total. The number of nitrogens with zero attached hydrogens (tertiary/aromatic N) is 1. The number of carbonyl (C=O) groups excluding carboxylic acids is 1. The van der Waals surface area contributed by atoms with Gasteiger partial charge in [0, 0.05) is 12.2 Å². The Morgan fingerprint density at radius 2 is 2.21 bits per heavy atom. The van der Waals surface area contributed by atoms with Crippen LogP contribution in [0.1, 0.15) is 12.0 Å². The van der Waals surface area contributed by atoms with Gasteiger partial charge in [0.15, 0.2) is 5.75 Å². The standard InChI is InChI=1S/C12H16N2O4S/c1-18-12(15)8-19(16,17)14-6-2-3-9-7-10(13)4-5-11(9)14/h4-5,7H,2-3,6,8,13H2,1H3. The summed E-state index contributed by atoms with van der Waals surface area (Å²) in [6, 6.07) is 5.11. The molecule has 0 unspecified atom stereocenters. The predicted octanol–water partition coefficient (Wildman–Crippen LogP) is 0.524. The van der Waals surface area contributed by atoms with E-state index in [4.69, 9.17) is 5.73 Å². The lowest BCUT2D eigenvalue weighted by atomic mass is 10.0. The first-order chi connectivity index (χ1) is 8.94. The van der Waals surface area contributed by atoms with Crippen molar-refractivity contribution in [2.24, 2.45) is 0 Å². The Morgan fingerprint density at radius 1 is 1.47 bits per heavy atom. The van der Waals surface area contributed by atoms with Gasteiger partial charge >= 0.3 is 5.97 Å². The summed E-state index contributed by atoms with van der Waals surface area (Å²) >= 11 is 0. The van der Waals surface area contributed by atoms with Gasteiger partial charge in [-0.1, -0.05) is 0 Å². The van der Waals surface area contributed by atoms with Gasteiger partial charge in [0.2, 0.25) is 10.0 Å². The summed E-state index contributed by atoms with van der Waals surface area (Å²) in [5, 5.41) is 0. The van der Waals surface area contributed by atoms with Crippen LogP contribution >= 0.6 is 0 Å². The number of carbonyl (C=O) groups is 1. The molecule has 0 saturated carbocycles. The number of rotatable bonds is 3. The molecule has 0 fully saturated rings. The molecule has 0 saturated heterocycles. The number of hydrogen-bond acceptors (Lipinski definition) is 5. The van der Waals surface area contributed by atoms with Crippen LogP contribution < -0.4 is 10.0 Å². The quantitative estimate of drug-likeness (QED) is 0.645. The van der Waals surface area contributed by atoms with Gasteiger partial charge in [0.05, 0.1) is 12.8 Å². The van der Waals surface area contributed by atoms with Crippen LogP contribution in [0.2, 0.25) is 0 Å². The molecule has 0 aromatic heterocycles. The third-order valence-electron chi connectivity index (χ3n) is 3.04. The Bertz CT molecular complexity index is 598. The van der Waals surface area contributed by atoms with E-state index < -0.39 is 21.7 Å². The lowest BCUT2D eigenvalue weighted by molar-refractivity contribution is -0.137. The van der Waals surface area contributed by atoms with Crippen molar-refractivity contribution in [1.29, 1.82) is 0 Å². The molecule has 0 radical (unpaired) electrons. The number of methoxy groups -OCH3 is 1. The Morgan fingerprint density at radius 3 is 2.89 bits per heavy atom. The third kappa shape index (κ3) is 2.81. The van der Waals surface area contributed by atoms with Crippen molar-refractivity contribution in [2.45, 2.75) is 12.8 Å². The number of ether oxygens (including phenoxy) is 1. The molecule has 0 amide bonds. The molecule has 2 rings (SSSR count). The first-order valence-electron chi connectivity index (χ1n) is 5.89. The number of esters is 1. The second kappa shape index (κ2) is 5.08. The molecule has 1 aromatic carbocycles. The lowest BCUT2D eigenvalue weighted by Gasteiger charge is -2.30. The highest BCUT2D eigenvalue weighted by Gasteiger charge is 2.29. The van der Waals surface area contributed by atoms with Gasteiger partial charge in [-0.25, -0.2) is 8.42 Å². The lowest BCUT2D eigenvalue weighted by Crippen LogP contribution is -2.39. The topological polar surface area (TPSA) is 89.7 Å². The second-order valence-electron chi connectivity index (χ2n) is 4.40. The van der Waals surface area contributed by atoms with Crippen LogP contribution in [-0.4, -0.2) is 33.8 Å². The summed E-state index contributed by atoms with van der Waals surface area (Å²) in [5.41, 5.74) is 7.79. The number of sulfonamides is 1. The summed E-state index contributed by atoms with van der Waals surface area (Å²) < 4.78 is 30.1. The molecule has 19 heavy (non-hydrogen) atoms. The predicted molar refractivity (Wildman–Crippen MR) is 72.3 cm³/mol. The van der Waals surface area contributed by atoms with Gasteiger partial charge in [-0.2, -0.15) is 0 Å². The maximum atomic E-state index is 12.2. The highest BCUT2D eigenvalue weighted by atomic mass is 32.2. The molecule has 1 aromatic rings. The van der Waals surface area contributed by atoms with Crippen molar-refractivity contribution < 1.29 is 17.9 Å². The summed E-state index contributed by atoms with van der Waals surface area (Å²) in [5.74, 6) is -1.41. The van der Waals surface area contributed by atoms with E-state index in [0.29, 0.717) is 24.3 Å². The Labute approximate surface area is 112 Å². The van der Waals surface area contributed by atoms with E-state index in [9.17, 15) is 13.2 Å². The number of aryl methyl sites for hydroxylation is 1. The molecular weight excluding hydrogens is 268 g/mol. The van der Waals surface area contributed by atoms with E-state index in [1.165, 1.54) is 11.4 Å². The maximum Gasteiger partial charge on any atom is 0.322 e. The summed E-state index contributed by atoms with van der Waals surface area (Å²) in [7, 11) is -2.53. The number of nitrogen functional groups attached to an aromatic ring is 1. The Balaban J connectivity index is 2.36. The van der Waals surface area contributed by atoms with E-state index in [2.05, 4.69) is 4.74 Å². The first-order valence-corrected chi connectivity index (χ1v) is 7.50. The minimum absolute atomic E-state index is 0.371. The molecule has 0 atom stereocenters. The number of anilines is 2. The zero-order valence-electron chi connectivity index (χ0n) is 10.6. The van der Waals surface area contributed by atoms with Crippen molar-refractivity contribution in [1.82, 2.24) is 0 Å². The van der Waals surface area contributed by atoms with E-state index in [0.717, 1.165) is 12.0 Å². The van der Waals surface area contributed by atoms with Crippen LogP contribution in [0.15, 0.2) is 18.2 Å². The SMILES string of the molecule is COC(=O)CS(=O)(=O)N1CCCc2cc(N)ccc21. The summed E-state index contributed by atoms with van der Waals surface area (Å²) in [6.45, 7) is 0.371. The maximum absolute atomic E-state index is 12.2. The minimum atomic E-state index is -3.70. The molecule has 0 aliphatic carbocycles. The minimum Gasteiger partial charge on any atom is -0.468 e. The highest BCUT2D eigenvalue weighted by Crippen LogP contribution is 2.30. The molecule has 7 heteroatoms. The molecule has 1 aliphatic heterocycles. The van der Waals surface area contributed by atoms with Crippen LogP contribution in [-0.2, 0) is 26.0 Å². The van der Waals surface area contributed by atoms with Gasteiger partial charge in [-0.05, 0) is 36.6 Å². The van der Waals surface area contributed by atoms with Crippen LogP contribution in [0.25, 0.3) is 0 Å². The van der Waals surface area contributed by atoms with Gasteiger partial charge < -0.3 is 10.5 Å². The van der Waals surface area contributed by atoms with Gasteiger partial charge in [0.25, 0.3) is 0 Å². The van der Waals surface area contributed by atoms with Crippen molar-refractivity contribution in [3.63, 3.8) is 0 Å². The van der Waals surface area contributed by atoms with E-state index >= 15 is 0 Å². The fraction of sp³-hybridized carbons (Fsp3) is 0.417. The monoisotopic (exact) mass is 284 g/mol. The van der Waals surface area contributed by atoms with E-state index in [1.54, 1.807) is 18.2 Å². The van der Waals surface area contributed by atoms with Crippen molar-refractivity contribution >= 4 is 27.4 Å². The second-order valence-corrected chi connectivity index (χ2v) is 6.29. The smallest absolute Gasteiger partial charge is 0.322 e. The largest absolute Gasteiger partial charge is 0.468 e. The summed E-state index contributed by atoms with van der Waals surface area (Å²) in [6.07, 6.45) is 1.49. The van der Waals surface area contributed by atoms with Crippen molar-refractivity contribution in [3.05, 3.63) is 23.8 Å². The molecule has 104 valence electrons. The van der Waals surface area contributed by atoms with Gasteiger partial charge in [0.1, 0.15) is 0 Å². The fourth-order valence-electron chi connectivity index (χ4n) is 2.16. The zero-order valence-corrected chi connectivity index (χ0v) is 11.4. The van der Waals surface area contributed by atoms with E-state index in [-0.39, 0.29) is 0 Å². The fourth-order valence-corrected chi connectivity index (χ4v) is 3.61.